The van der Waals surface area contributed by atoms with E-state index in [1.54, 1.807) is 0 Å². The highest BCUT2D eigenvalue weighted by atomic mass is 15.1. The maximum Gasteiger partial charge on any atom is 0.166 e. The molecule has 12 rings (SSSR count). The zero-order valence-electron chi connectivity index (χ0n) is 33.6. The van der Waals surface area contributed by atoms with Gasteiger partial charge in [0.25, 0.3) is 0 Å². The van der Waals surface area contributed by atoms with Crippen molar-refractivity contribution in [3.05, 3.63) is 224 Å². The average molecular weight is 792 g/mol. The molecule has 0 radical (unpaired) electrons. The van der Waals surface area contributed by atoms with Gasteiger partial charge in [-0.25, -0.2) is 15.0 Å². The van der Waals surface area contributed by atoms with Gasteiger partial charge in [0.05, 0.1) is 27.8 Å². The van der Waals surface area contributed by atoms with Gasteiger partial charge in [-0.2, -0.15) is 0 Å². The quantitative estimate of drug-likeness (QED) is 0.162. The monoisotopic (exact) mass is 791 g/mol. The molecule has 3 heterocycles. The molecule has 290 valence electrons. The Kier molecular flexibility index (Phi) is 8.42. The molecule has 0 saturated heterocycles. The van der Waals surface area contributed by atoms with E-state index < -0.39 is 0 Å². The number of nitrogens with zero attached hydrogens (tertiary/aromatic N) is 5. The Bertz CT molecular complexity index is 3550. The van der Waals surface area contributed by atoms with E-state index in [9.17, 15) is 0 Å². The fourth-order valence-corrected chi connectivity index (χ4v) is 9.16. The van der Waals surface area contributed by atoms with Crippen molar-refractivity contribution in [1.82, 2.24) is 24.1 Å². The predicted molar refractivity (Wildman–Crippen MR) is 256 cm³/mol. The lowest BCUT2D eigenvalue weighted by molar-refractivity contribution is 1.06. The molecule has 5 heteroatoms. The minimum Gasteiger partial charge on any atom is -0.309 e. The van der Waals surface area contributed by atoms with Gasteiger partial charge in [0.1, 0.15) is 0 Å². The average Bonchev–Trinajstić information content (AvgIpc) is 3.87. The highest BCUT2D eigenvalue weighted by molar-refractivity contribution is 6.17. The number of rotatable bonds is 7. The summed E-state index contributed by atoms with van der Waals surface area (Å²) in [5.74, 6) is 1.87. The first-order valence-electron chi connectivity index (χ1n) is 21.0. The molecule has 0 amide bonds. The summed E-state index contributed by atoms with van der Waals surface area (Å²) in [4.78, 5) is 15.4. The number of fused-ring (bicyclic) bond motifs is 6. The molecule has 0 saturated carbocycles. The van der Waals surface area contributed by atoms with Crippen LogP contribution in [-0.4, -0.2) is 24.1 Å². The van der Waals surface area contributed by atoms with E-state index in [0.717, 1.165) is 50.1 Å². The van der Waals surface area contributed by atoms with Crippen molar-refractivity contribution < 1.29 is 0 Å². The van der Waals surface area contributed by atoms with Gasteiger partial charge in [0.15, 0.2) is 17.5 Å². The van der Waals surface area contributed by atoms with Crippen LogP contribution in [0.15, 0.2) is 224 Å². The largest absolute Gasteiger partial charge is 0.309 e. The lowest BCUT2D eigenvalue weighted by atomic mass is 9.98. The standard InChI is InChI=1S/C57H37N5/c1-5-18-38(19-6-1)42-32-34-47-52(36-42)61(51-31-17-28-44(54(47)51)39-20-7-2-8-21-39)43-33-35-46-45-26-13-15-29-49(45)62(53(46)37-43)50-30-16-14-27-48(50)57-59-55(40-22-9-3-10-23-40)58-56(60-57)41-24-11-4-12-25-41/h1-37H. The Morgan fingerprint density at radius 2 is 0.790 bits per heavy atom. The Labute approximate surface area is 358 Å². The first-order valence-corrected chi connectivity index (χ1v) is 21.0. The Morgan fingerprint density at radius 1 is 0.274 bits per heavy atom. The second kappa shape index (κ2) is 14.7. The van der Waals surface area contributed by atoms with Crippen molar-refractivity contribution in [3.8, 4) is 67.8 Å². The zero-order chi connectivity index (χ0) is 41.0. The van der Waals surface area contributed by atoms with E-state index in [4.69, 9.17) is 15.0 Å². The zero-order valence-corrected chi connectivity index (χ0v) is 33.6. The first kappa shape index (κ1) is 35.5. The summed E-state index contributed by atoms with van der Waals surface area (Å²) in [6, 6.07) is 79.4. The van der Waals surface area contributed by atoms with Gasteiger partial charge in [0, 0.05) is 43.9 Å². The van der Waals surface area contributed by atoms with Crippen LogP contribution in [0.2, 0.25) is 0 Å². The van der Waals surface area contributed by atoms with Crippen LogP contribution in [0.5, 0.6) is 0 Å². The molecule has 5 nitrogen and oxygen atoms in total. The van der Waals surface area contributed by atoms with Gasteiger partial charge in [-0.05, 0) is 64.7 Å². The van der Waals surface area contributed by atoms with Crippen LogP contribution in [0.1, 0.15) is 0 Å². The van der Waals surface area contributed by atoms with E-state index >= 15 is 0 Å². The van der Waals surface area contributed by atoms with E-state index in [1.165, 1.54) is 43.8 Å². The molecule has 0 N–H and O–H groups in total. The van der Waals surface area contributed by atoms with Gasteiger partial charge in [-0.1, -0.05) is 182 Å². The Hall–Kier alpha value is -8.41. The van der Waals surface area contributed by atoms with Crippen LogP contribution in [-0.2, 0) is 0 Å². The molecule has 0 atom stereocenters. The molecule has 0 aliphatic carbocycles. The number of hydrogen-bond acceptors (Lipinski definition) is 3. The molecular weight excluding hydrogens is 755 g/mol. The highest BCUT2D eigenvalue weighted by Gasteiger charge is 2.22. The highest BCUT2D eigenvalue weighted by Crippen LogP contribution is 2.42. The van der Waals surface area contributed by atoms with Crippen molar-refractivity contribution >= 4 is 43.6 Å². The van der Waals surface area contributed by atoms with Crippen LogP contribution in [0.4, 0.5) is 0 Å². The van der Waals surface area contributed by atoms with Gasteiger partial charge >= 0.3 is 0 Å². The second-order valence-corrected chi connectivity index (χ2v) is 15.6. The molecule has 62 heavy (non-hydrogen) atoms. The normalized spacial score (nSPS) is 11.5. The maximum atomic E-state index is 5.18. The number of hydrogen-bond donors (Lipinski definition) is 0. The SMILES string of the molecule is c1ccc(-c2ccc3c4c(-c5ccccc5)cccc4n(-c4ccc5c6ccccc6n(-c6ccccc6-c6nc(-c7ccccc7)nc(-c7ccccc7)n6)c5c4)c3c2)cc1. The summed E-state index contributed by atoms with van der Waals surface area (Å²) in [5, 5.41) is 4.79. The Morgan fingerprint density at radius 3 is 1.50 bits per heavy atom. The topological polar surface area (TPSA) is 48.5 Å². The lowest BCUT2D eigenvalue weighted by Crippen LogP contribution is -2.03. The minimum atomic E-state index is 0.611. The van der Waals surface area contributed by atoms with Crippen molar-refractivity contribution in [2.45, 2.75) is 0 Å². The molecule has 0 bridgehead atoms. The fraction of sp³-hybridized carbons (Fsp3) is 0. The molecule has 12 aromatic rings. The summed E-state index contributed by atoms with van der Waals surface area (Å²) in [5.41, 5.74) is 14.1. The van der Waals surface area contributed by atoms with E-state index in [2.05, 4.69) is 197 Å². The van der Waals surface area contributed by atoms with Crippen LogP contribution >= 0.6 is 0 Å². The van der Waals surface area contributed by atoms with Crippen LogP contribution in [0, 0.1) is 0 Å². The third-order valence-corrected chi connectivity index (χ3v) is 12.0. The molecule has 0 fully saturated rings. The molecular formula is C57H37N5. The third-order valence-electron chi connectivity index (χ3n) is 12.0. The molecule has 0 spiro atoms. The minimum absolute atomic E-state index is 0.611. The second-order valence-electron chi connectivity index (χ2n) is 15.6. The van der Waals surface area contributed by atoms with Crippen LogP contribution in [0.25, 0.3) is 111 Å². The predicted octanol–water partition coefficient (Wildman–Crippen LogP) is 14.4. The van der Waals surface area contributed by atoms with Crippen molar-refractivity contribution in [2.75, 3.05) is 0 Å². The molecule has 0 aliphatic heterocycles. The first-order chi connectivity index (χ1) is 30.8. The summed E-state index contributed by atoms with van der Waals surface area (Å²) in [7, 11) is 0. The van der Waals surface area contributed by atoms with E-state index in [0.29, 0.717) is 17.5 Å². The van der Waals surface area contributed by atoms with Gasteiger partial charge in [0.2, 0.25) is 0 Å². The number of para-hydroxylation sites is 2. The molecule has 0 unspecified atom stereocenters. The summed E-state index contributed by atoms with van der Waals surface area (Å²) >= 11 is 0. The summed E-state index contributed by atoms with van der Waals surface area (Å²) in [6.45, 7) is 0. The maximum absolute atomic E-state index is 5.18. The van der Waals surface area contributed by atoms with Crippen molar-refractivity contribution in [3.63, 3.8) is 0 Å². The van der Waals surface area contributed by atoms with Gasteiger partial charge in [-0.3, -0.25) is 0 Å². The molecule has 0 aliphatic rings. The summed E-state index contributed by atoms with van der Waals surface area (Å²) < 4.78 is 4.83. The van der Waals surface area contributed by atoms with Crippen molar-refractivity contribution in [1.29, 1.82) is 0 Å². The lowest BCUT2D eigenvalue weighted by Gasteiger charge is -2.15. The van der Waals surface area contributed by atoms with Crippen molar-refractivity contribution in [2.24, 2.45) is 0 Å². The smallest absolute Gasteiger partial charge is 0.166 e. The van der Waals surface area contributed by atoms with Crippen LogP contribution < -0.4 is 0 Å². The van der Waals surface area contributed by atoms with Gasteiger partial charge < -0.3 is 9.13 Å². The molecule has 9 aromatic carbocycles. The van der Waals surface area contributed by atoms with Gasteiger partial charge in [-0.15, -0.1) is 0 Å². The fourth-order valence-electron chi connectivity index (χ4n) is 9.16. The van der Waals surface area contributed by atoms with E-state index in [1.807, 2.05) is 36.4 Å². The van der Waals surface area contributed by atoms with Crippen LogP contribution in [0.3, 0.4) is 0 Å². The molecule has 3 aromatic heterocycles. The number of aromatic nitrogens is 5. The van der Waals surface area contributed by atoms with E-state index in [-0.39, 0.29) is 0 Å². The summed E-state index contributed by atoms with van der Waals surface area (Å²) in [6.07, 6.45) is 0. The Balaban J connectivity index is 1.12. The third kappa shape index (κ3) is 5.90. The number of benzene rings is 9.